The lowest BCUT2D eigenvalue weighted by Crippen LogP contribution is -2.39. The van der Waals surface area contributed by atoms with Gasteiger partial charge in [-0.3, -0.25) is 4.98 Å². The van der Waals surface area contributed by atoms with Crippen molar-refractivity contribution in [2.75, 3.05) is 31.5 Å². The smallest absolute Gasteiger partial charge is 0.378 e. The van der Waals surface area contributed by atoms with Crippen LogP contribution in [-0.4, -0.2) is 58.4 Å². The van der Waals surface area contributed by atoms with Crippen molar-refractivity contribution in [3.8, 4) is 11.3 Å². The van der Waals surface area contributed by atoms with Gasteiger partial charge in [0.25, 0.3) is 0 Å². The number of pyridine rings is 1. The fourth-order valence-electron chi connectivity index (χ4n) is 6.57. The molecule has 1 N–H and O–H groups in total. The summed E-state index contributed by atoms with van der Waals surface area (Å²) >= 11 is 0. The first-order valence-corrected chi connectivity index (χ1v) is 12.2. The highest BCUT2D eigenvalue weighted by molar-refractivity contribution is 5.63. The highest BCUT2D eigenvalue weighted by atomic mass is 19.4. The number of hydrogen-bond donors (Lipinski definition) is 1. The Kier molecular flexibility index (Phi) is 4.96. The molecule has 2 saturated carbocycles. The Balaban J connectivity index is 1.09. The number of rotatable bonds is 5. The SMILES string of the molecule is [2H]C([2H])(N1C[C@H]2CC(Nc3ccc(-c4cnccc4C(F)(F)F)nn3)C[C@H]2C1)[C@]12CCC[C@H]1OCC2. The molecule has 2 aliphatic carbocycles. The number of likely N-dealkylation sites (tertiary alicyclic amines) is 1. The molecule has 2 saturated heterocycles. The normalized spacial score (nSPS) is 34.6. The summed E-state index contributed by atoms with van der Waals surface area (Å²) < 4.78 is 64.1. The third kappa shape index (κ3) is 4.06. The van der Waals surface area contributed by atoms with Crippen LogP contribution in [0.2, 0.25) is 0 Å². The Bertz CT molecular complexity index is 1090. The summed E-state index contributed by atoms with van der Waals surface area (Å²) in [5.41, 5.74) is -1.12. The first-order valence-electron chi connectivity index (χ1n) is 13.2. The molecule has 182 valence electrons. The zero-order valence-corrected chi connectivity index (χ0v) is 18.9. The van der Waals surface area contributed by atoms with Crippen molar-refractivity contribution in [1.29, 1.82) is 0 Å². The zero-order chi connectivity index (χ0) is 25.1. The van der Waals surface area contributed by atoms with Gasteiger partial charge in [0.15, 0.2) is 0 Å². The number of hydrogen-bond acceptors (Lipinski definition) is 6. The van der Waals surface area contributed by atoms with Crippen LogP contribution in [0.4, 0.5) is 19.0 Å². The third-order valence-electron chi connectivity index (χ3n) is 8.12. The minimum atomic E-state index is -4.49. The van der Waals surface area contributed by atoms with Gasteiger partial charge in [-0.25, -0.2) is 0 Å². The molecule has 4 aliphatic rings. The quantitative estimate of drug-likeness (QED) is 0.680. The van der Waals surface area contributed by atoms with Gasteiger partial charge in [0, 0.05) is 58.3 Å². The average molecular weight is 476 g/mol. The maximum absolute atomic E-state index is 13.3. The van der Waals surface area contributed by atoms with Gasteiger partial charge in [-0.2, -0.15) is 13.2 Å². The maximum atomic E-state index is 13.3. The summed E-state index contributed by atoms with van der Waals surface area (Å²) in [6.45, 7) is 0.794. The molecule has 1 unspecified atom stereocenters. The first-order chi connectivity index (χ1) is 17.2. The molecule has 34 heavy (non-hydrogen) atoms. The van der Waals surface area contributed by atoms with Crippen molar-refractivity contribution >= 4 is 5.82 Å². The van der Waals surface area contributed by atoms with Crippen LogP contribution in [0.3, 0.4) is 0 Å². The maximum Gasteiger partial charge on any atom is 0.417 e. The average Bonchev–Trinajstić information content (AvgIpc) is 3.59. The van der Waals surface area contributed by atoms with Gasteiger partial charge >= 0.3 is 6.18 Å². The monoisotopic (exact) mass is 475 g/mol. The van der Waals surface area contributed by atoms with Crippen LogP contribution >= 0.6 is 0 Å². The fourth-order valence-corrected chi connectivity index (χ4v) is 6.57. The van der Waals surface area contributed by atoms with E-state index in [2.05, 4.69) is 25.4 Å². The van der Waals surface area contributed by atoms with Crippen molar-refractivity contribution < 1.29 is 20.6 Å². The van der Waals surface area contributed by atoms with Gasteiger partial charge in [0.2, 0.25) is 0 Å². The Labute approximate surface area is 200 Å². The van der Waals surface area contributed by atoms with Crippen LogP contribution in [0.25, 0.3) is 11.3 Å². The summed E-state index contributed by atoms with van der Waals surface area (Å²) in [5.74, 6) is 1.35. The molecule has 9 heteroatoms. The number of ether oxygens (including phenoxy) is 1. The van der Waals surface area contributed by atoms with Crippen LogP contribution < -0.4 is 5.32 Å². The highest BCUT2D eigenvalue weighted by Gasteiger charge is 2.50. The molecule has 6 rings (SSSR count). The molecular weight excluding hydrogens is 443 g/mol. The van der Waals surface area contributed by atoms with Crippen molar-refractivity contribution in [1.82, 2.24) is 20.1 Å². The predicted octanol–water partition coefficient (Wildman–Crippen LogP) is 4.64. The van der Waals surface area contributed by atoms with Gasteiger partial charge < -0.3 is 15.0 Å². The van der Waals surface area contributed by atoms with Crippen molar-refractivity contribution in [2.45, 2.75) is 56.8 Å². The molecular formula is C25H30F3N5O. The second-order valence-corrected chi connectivity index (χ2v) is 10.2. The molecule has 0 bridgehead atoms. The van der Waals surface area contributed by atoms with E-state index in [1.165, 1.54) is 6.07 Å². The van der Waals surface area contributed by atoms with Crippen molar-refractivity contribution in [3.63, 3.8) is 0 Å². The zero-order valence-electron chi connectivity index (χ0n) is 20.9. The molecule has 2 aliphatic heterocycles. The van der Waals surface area contributed by atoms with E-state index in [9.17, 15) is 13.2 Å². The Morgan fingerprint density at radius 2 is 1.97 bits per heavy atom. The van der Waals surface area contributed by atoms with Crippen LogP contribution in [0.1, 0.15) is 46.8 Å². The fraction of sp³-hybridized carbons (Fsp3) is 0.640. The predicted molar refractivity (Wildman–Crippen MR) is 121 cm³/mol. The van der Waals surface area contributed by atoms with E-state index < -0.39 is 18.2 Å². The molecule has 6 nitrogen and oxygen atoms in total. The second kappa shape index (κ2) is 8.45. The van der Waals surface area contributed by atoms with Crippen LogP contribution in [0.15, 0.2) is 30.6 Å². The van der Waals surface area contributed by atoms with Crippen LogP contribution in [-0.2, 0) is 10.9 Å². The number of nitrogens with zero attached hydrogens (tertiary/aromatic N) is 4. The minimum Gasteiger partial charge on any atom is -0.378 e. The first kappa shape index (κ1) is 20.0. The topological polar surface area (TPSA) is 63.2 Å². The number of alkyl halides is 3. The number of nitrogens with one attached hydrogen (secondary N) is 1. The van der Waals surface area contributed by atoms with Gasteiger partial charge in [0.1, 0.15) is 5.82 Å². The summed E-state index contributed by atoms with van der Waals surface area (Å²) in [6, 6.07) is 4.32. The van der Waals surface area contributed by atoms with E-state index in [0.29, 0.717) is 24.3 Å². The largest absolute Gasteiger partial charge is 0.417 e. The lowest BCUT2D eigenvalue weighted by Gasteiger charge is -2.33. The highest BCUT2D eigenvalue weighted by Crippen LogP contribution is 2.49. The number of anilines is 1. The molecule has 0 amide bonds. The summed E-state index contributed by atoms with van der Waals surface area (Å²) in [7, 11) is 0. The Hall–Kier alpha value is -2.26. The third-order valence-corrected chi connectivity index (χ3v) is 8.12. The number of halogens is 3. The van der Waals surface area contributed by atoms with Crippen molar-refractivity contribution in [2.24, 2.45) is 17.3 Å². The molecule has 4 fully saturated rings. The van der Waals surface area contributed by atoms with Gasteiger partial charge in [-0.15, -0.1) is 10.2 Å². The van der Waals surface area contributed by atoms with E-state index in [-0.39, 0.29) is 28.8 Å². The molecule has 0 aromatic carbocycles. The summed E-state index contributed by atoms with van der Waals surface area (Å²) in [6.07, 6.45) is 3.35. The Morgan fingerprint density at radius 1 is 1.15 bits per heavy atom. The van der Waals surface area contributed by atoms with Crippen LogP contribution in [0.5, 0.6) is 0 Å². The van der Waals surface area contributed by atoms with Gasteiger partial charge in [0.05, 0.1) is 17.4 Å². The molecule has 5 atom stereocenters. The number of aromatic nitrogens is 3. The molecule has 0 radical (unpaired) electrons. The number of fused-ring (bicyclic) bond motifs is 2. The molecule has 2 aromatic heterocycles. The summed E-state index contributed by atoms with van der Waals surface area (Å²) in [4.78, 5) is 5.89. The molecule has 4 heterocycles. The van der Waals surface area contributed by atoms with E-state index in [1.54, 1.807) is 6.07 Å². The lowest BCUT2D eigenvalue weighted by atomic mass is 9.82. The van der Waals surface area contributed by atoms with Gasteiger partial charge in [-0.05, 0) is 62.1 Å². The van der Waals surface area contributed by atoms with Crippen molar-refractivity contribution in [3.05, 3.63) is 36.2 Å². The van der Waals surface area contributed by atoms with E-state index in [0.717, 1.165) is 70.1 Å². The molecule has 2 aromatic rings. The van der Waals surface area contributed by atoms with E-state index in [4.69, 9.17) is 7.48 Å². The van der Waals surface area contributed by atoms with Gasteiger partial charge in [-0.1, -0.05) is 6.42 Å². The van der Waals surface area contributed by atoms with E-state index >= 15 is 0 Å². The minimum absolute atomic E-state index is 0.0442. The second-order valence-electron chi connectivity index (χ2n) is 10.2. The van der Waals surface area contributed by atoms with Crippen LogP contribution in [0, 0.1) is 17.3 Å². The summed E-state index contributed by atoms with van der Waals surface area (Å²) in [5, 5.41) is 11.6. The van der Waals surface area contributed by atoms with E-state index in [1.807, 2.05) is 0 Å². The Morgan fingerprint density at radius 3 is 2.71 bits per heavy atom. The standard InChI is InChI=1S/C25H30F3N5O/c26-25(27,28)20-5-8-29-12-19(20)21-3-4-23(32-31-21)30-18-10-16-13-33(14-17(16)11-18)15-24-6-1-2-22(24)34-9-7-24/h3-5,8,12,16-18,22H,1-2,6-7,9-11,13-15H2,(H,30,32)/t16-,17+,18?,22-,24-/m1/s1/i15D2. The molecule has 0 spiro atoms. The lowest BCUT2D eigenvalue weighted by molar-refractivity contribution is -0.137.